The molecule has 0 spiro atoms. The van der Waals surface area contributed by atoms with Crippen LogP contribution >= 0.6 is 11.6 Å². The van der Waals surface area contributed by atoms with Crippen LogP contribution in [-0.2, 0) is 6.54 Å². The van der Waals surface area contributed by atoms with Crippen LogP contribution in [0.15, 0.2) is 18.2 Å². The quantitative estimate of drug-likeness (QED) is 0.822. The molecule has 0 aromatic heterocycles. The molecular formula is C13H21ClN2O. The molecule has 0 saturated heterocycles. The highest BCUT2D eigenvalue weighted by Gasteiger charge is 2.15. The molecule has 0 aliphatic heterocycles. The van der Waals surface area contributed by atoms with Gasteiger partial charge in [0.1, 0.15) is 5.75 Å². The summed E-state index contributed by atoms with van der Waals surface area (Å²) in [4.78, 5) is 0. The van der Waals surface area contributed by atoms with Crippen molar-refractivity contribution in [1.29, 1.82) is 0 Å². The molecule has 0 atom stereocenters. The molecule has 0 aliphatic carbocycles. The Morgan fingerprint density at radius 1 is 1.41 bits per heavy atom. The van der Waals surface area contributed by atoms with Gasteiger partial charge < -0.3 is 15.8 Å². The van der Waals surface area contributed by atoms with Gasteiger partial charge in [-0.05, 0) is 44.5 Å². The Morgan fingerprint density at radius 2 is 2.12 bits per heavy atom. The predicted octanol–water partition coefficient (Wildman–Crippen LogP) is 2.57. The van der Waals surface area contributed by atoms with E-state index in [1.807, 2.05) is 18.2 Å². The molecule has 1 aromatic carbocycles. The highest BCUT2D eigenvalue weighted by molar-refractivity contribution is 6.32. The van der Waals surface area contributed by atoms with Gasteiger partial charge in [-0.1, -0.05) is 17.7 Å². The fourth-order valence-corrected chi connectivity index (χ4v) is 1.89. The van der Waals surface area contributed by atoms with E-state index in [0.29, 0.717) is 17.3 Å². The summed E-state index contributed by atoms with van der Waals surface area (Å²) in [6, 6.07) is 5.82. The molecule has 17 heavy (non-hydrogen) atoms. The summed E-state index contributed by atoms with van der Waals surface area (Å²) in [5.41, 5.74) is 6.75. The number of halogens is 1. The first-order valence-electron chi connectivity index (χ1n) is 5.76. The van der Waals surface area contributed by atoms with Crippen molar-refractivity contribution in [2.75, 3.05) is 13.7 Å². The van der Waals surface area contributed by atoms with E-state index in [1.54, 1.807) is 7.11 Å². The molecule has 0 saturated carbocycles. The smallest absolute Gasteiger partial charge is 0.137 e. The van der Waals surface area contributed by atoms with Crippen LogP contribution in [0.3, 0.4) is 0 Å². The maximum atomic E-state index is 6.07. The standard InChI is InChI=1S/C13H21ClN2O/c1-13(2,6-7-15)16-9-10-4-5-12(17-3)11(14)8-10/h4-5,8,16H,6-7,9,15H2,1-3H3. The van der Waals surface area contributed by atoms with E-state index >= 15 is 0 Å². The second-order valence-corrected chi connectivity index (χ2v) is 5.15. The molecule has 3 nitrogen and oxygen atoms in total. The topological polar surface area (TPSA) is 47.3 Å². The summed E-state index contributed by atoms with van der Waals surface area (Å²) < 4.78 is 5.12. The third kappa shape index (κ3) is 4.54. The molecule has 1 rings (SSSR count). The molecule has 3 N–H and O–H groups in total. The Morgan fingerprint density at radius 3 is 2.65 bits per heavy atom. The van der Waals surface area contributed by atoms with Crippen LogP contribution in [0.25, 0.3) is 0 Å². The van der Waals surface area contributed by atoms with Gasteiger partial charge in [-0.25, -0.2) is 0 Å². The van der Waals surface area contributed by atoms with E-state index in [-0.39, 0.29) is 5.54 Å². The van der Waals surface area contributed by atoms with Crippen molar-refractivity contribution in [2.24, 2.45) is 5.73 Å². The Hall–Kier alpha value is -0.770. The zero-order valence-corrected chi connectivity index (χ0v) is 11.5. The largest absolute Gasteiger partial charge is 0.495 e. The van der Waals surface area contributed by atoms with E-state index in [1.165, 1.54) is 0 Å². The summed E-state index contributed by atoms with van der Waals surface area (Å²) in [6.07, 6.45) is 0.941. The monoisotopic (exact) mass is 256 g/mol. The van der Waals surface area contributed by atoms with Gasteiger partial charge in [-0.15, -0.1) is 0 Å². The van der Waals surface area contributed by atoms with E-state index in [2.05, 4.69) is 19.2 Å². The van der Waals surface area contributed by atoms with Crippen molar-refractivity contribution in [3.05, 3.63) is 28.8 Å². The summed E-state index contributed by atoms with van der Waals surface area (Å²) >= 11 is 6.07. The third-order valence-corrected chi connectivity index (χ3v) is 3.05. The lowest BCUT2D eigenvalue weighted by molar-refractivity contribution is 0.365. The number of hydrogen-bond acceptors (Lipinski definition) is 3. The maximum absolute atomic E-state index is 6.07. The highest BCUT2D eigenvalue weighted by Crippen LogP contribution is 2.25. The van der Waals surface area contributed by atoms with Gasteiger partial charge in [0.25, 0.3) is 0 Å². The van der Waals surface area contributed by atoms with Crippen LogP contribution in [0.5, 0.6) is 5.75 Å². The fourth-order valence-electron chi connectivity index (χ4n) is 1.61. The van der Waals surface area contributed by atoms with Gasteiger partial charge in [-0.3, -0.25) is 0 Å². The van der Waals surface area contributed by atoms with Crippen LogP contribution in [-0.4, -0.2) is 19.2 Å². The maximum Gasteiger partial charge on any atom is 0.137 e. The Kier molecular flexibility index (Phi) is 5.25. The predicted molar refractivity (Wildman–Crippen MR) is 72.6 cm³/mol. The normalized spacial score (nSPS) is 11.6. The number of hydrogen-bond donors (Lipinski definition) is 2. The molecule has 1 aromatic rings. The van der Waals surface area contributed by atoms with Gasteiger partial charge in [0, 0.05) is 12.1 Å². The van der Waals surface area contributed by atoms with E-state index < -0.39 is 0 Å². The van der Waals surface area contributed by atoms with Gasteiger partial charge in [0.15, 0.2) is 0 Å². The minimum absolute atomic E-state index is 0.0428. The van der Waals surface area contributed by atoms with Crippen LogP contribution in [0.1, 0.15) is 25.8 Å². The number of methoxy groups -OCH3 is 1. The lowest BCUT2D eigenvalue weighted by Crippen LogP contribution is -2.40. The van der Waals surface area contributed by atoms with Crippen LogP contribution in [0, 0.1) is 0 Å². The average Bonchev–Trinajstić information content (AvgIpc) is 2.27. The lowest BCUT2D eigenvalue weighted by atomic mass is 10.0. The van der Waals surface area contributed by atoms with Gasteiger partial charge >= 0.3 is 0 Å². The minimum atomic E-state index is 0.0428. The van der Waals surface area contributed by atoms with E-state index in [4.69, 9.17) is 22.1 Å². The van der Waals surface area contributed by atoms with Crippen molar-refractivity contribution < 1.29 is 4.74 Å². The molecule has 4 heteroatoms. The molecular weight excluding hydrogens is 236 g/mol. The van der Waals surface area contributed by atoms with Crippen molar-refractivity contribution in [2.45, 2.75) is 32.4 Å². The summed E-state index contributed by atoms with van der Waals surface area (Å²) in [6.45, 7) is 5.75. The minimum Gasteiger partial charge on any atom is -0.495 e. The molecule has 0 heterocycles. The number of nitrogens with two attached hydrogens (primary N) is 1. The van der Waals surface area contributed by atoms with Crippen LogP contribution < -0.4 is 15.8 Å². The van der Waals surface area contributed by atoms with E-state index in [0.717, 1.165) is 18.5 Å². The average molecular weight is 257 g/mol. The van der Waals surface area contributed by atoms with Crippen molar-refractivity contribution >= 4 is 11.6 Å². The van der Waals surface area contributed by atoms with Crippen LogP contribution in [0.2, 0.25) is 5.02 Å². The number of rotatable bonds is 6. The summed E-state index contributed by atoms with van der Waals surface area (Å²) in [5.74, 6) is 0.705. The second-order valence-electron chi connectivity index (χ2n) is 4.75. The van der Waals surface area contributed by atoms with E-state index in [9.17, 15) is 0 Å². The number of nitrogens with one attached hydrogen (secondary N) is 1. The fraction of sp³-hybridized carbons (Fsp3) is 0.538. The van der Waals surface area contributed by atoms with Gasteiger partial charge in [-0.2, -0.15) is 0 Å². The first-order valence-corrected chi connectivity index (χ1v) is 6.14. The highest BCUT2D eigenvalue weighted by atomic mass is 35.5. The van der Waals surface area contributed by atoms with Crippen molar-refractivity contribution in [1.82, 2.24) is 5.32 Å². The molecule has 0 unspecified atom stereocenters. The second kappa shape index (κ2) is 6.24. The molecule has 0 aliphatic rings. The summed E-state index contributed by atoms with van der Waals surface area (Å²) in [7, 11) is 1.61. The van der Waals surface area contributed by atoms with Crippen molar-refractivity contribution in [3.63, 3.8) is 0 Å². The molecule has 0 fully saturated rings. The summed E-state index contributed by atoms with van der Waals surface area (Å²) in [5, 5.41) is 4.10. The molecule has 0 amide bonds. The zero-order chi connectivity index (χ0) is 12.9. The zero-order valence-electron chi connectivity index (χ0n) is 10.7. The first-order chi connectivity index (χ1) is 7.98. The Bertz CT molecular complexity index is 366. The number of ether oxygens (including phenoxy) is 1. The first kappa shape index (κ1) is 14.3. The third-order valence-electron chi connectivity index (χ3n) is 2.76. The van der Waals surface area contributed by atoms with Gasteiger partial charge in [0.2, 0.25) is 0 Å². The Labute approximate surface area is 108 Å². The van der Waals surface area contributed by atoms with Crippen molar-refractivity contribution in [3.8, 4) is 5.75 Å². The van der Waals surface area contributed by atoms with Crippen LogP contribution in [0.4, 0.5) is 0 Å². The molecule has 0 radical (unpaired) electrons. The van der Waals surface area contributed by atoms with Gasteiger partial charge in [0.05, 0.1) is 12.1 Å². The molecule has 96 valence electrons. The molecule has 0 bridgehead atoms. The number of benzene rings is 1. The lowest BCUT2D eigenvalue weighted by Gasteiger charge is -2.25. The SMILES string of the molecule is COc1ccc(CNC(C)(C)CCN)cc1Cl. The Balaban J connectivity index is 2.61.